The van der Waals surface area contributed by atoms with Crippen LogP contribution < -0.4 is 15.2 Å². The molecule has 20 heavy (non-hydrogen) atoms. The molecular formula is C14H22N2O4. The predicted molar refractivity (Wildman–Crippen MR) is 77.0 cm³/mol. The average molecular weight is 282 g/mol. The van der Waals surface area contributed by atoms with Crippen molar-refractivity contribution >= 4 is 11.6 Å². The highest BCUT2D eigenvalue weighted by Crippen LogP contribution is 2.34. The standard InChI is InChI=1S/C14H22N2O4/c1-16(6-7-17)13(18)5-4-10-8-11(15)14(20-3)12(9-10)19-2/h8-9,17H,4-7,15H2,1-3H3. The normalized spacial score (nSPS) is 10.2. The van der Waals surface area contributed by atoms with Crippen LogP contribution in [-0.2, 0) is 11.2 Å². The zero-order chi connectivity index (χ0) is 15.1. The SMILES string of the molecule is COc1cc(CCC(=O)N(C)CCO)cc(N)c1OC. The maximum atomic E-state index is 11.8. The third-order valence-electron chi connectivity index (χ3n) is 3.06. The first-order valence-electron chi connectivity index (χ1n) is 6.38. The van der Waals surface area contributed by atoms with Gasteiger partial charge in [0.25, 0.3) is 0 Å². The molecule has 3 N–H and O–H groups in total. The van der Waals surface area contributed by atoms with Gasteiger partial charge in [-0.3, -0.25) is 4.79 Å². The molecule has 0 atom stereocenters. The Labute approximate surface area is 119 Å². The minimum absolute atomic E-state index is 0.0209. The predicted octanol–water partition coefficient (Wildman–Crippen LogP) is 0.669. The molecule has 1 aromatic rings. The molecule has 0 saturated carbocycles. The molecule has 0 unspecified atom stereocenters. The summed E-state index contributed by atoms with van der Waals surface area (Å²) in [7, 11) is 4.74. The van der Waals surface area contributed by atoms with Crippen molar-refractivity contribution in [3.63, 3.8) is 0 Å². The van der Waals surface area contributed by atoms with Crippen LogP contribution in [0, 0.1) is 0 Å². The largest absolute Gasteiger partial charge is 0.493 e. The summed E-state index contributed by atoms with van der Waals surface area (Å²) in [5, 5.41) is 8.79. The summed E-state index contributed by atoms with van der Waals surface area (Å²) >= 11 is 0. The van der Waals surface area contributed by atoms with Crippen molar-refractivity contribution in [3.05, 3.63) is 17.7 Å². The Balaban J connectivity index is 2.74. The highest BCUT2D eigenvalue weighted by Gasteiger charge is 2.12. The van der Waals surface area contributed by atoms with Crippen molar-refractivity contribution in [2.45, 2.75) is 12.8 Å². The van der Waals surface area contributed by atoms with E-state index >= 15 is 0 Å². The van der Waals surface area contributed by atoms with Crippen molar-refractivity contribution in [1.82, 2.24) is 4.90 Å². The van der Waals surface area contributed by atoms with Gasteiger partial charge >= 0.3 is 0 Å². The number of nitrogen functional groups attached to an aromatic ring is 1. The van der Waals surface area contributed by atoms with E-state index in [-0.39, 0.29) is 12.5 Å². The molecule has 0 aliphatic carbocycles. The van der Waals surface area contributed by atoms with Crippen LogP contribution in [0.4, 0.5) is 5.69 Å². The van der Waals surface area contributed by atoms with Gasteiger partial charge in [-0.05, 0) is 24.1 Å². The number of aliphatic hydroxyl groups is 1. The second kappa shape index (κ2) is 7.59. The van der Waals surface area contributed by atoms with Crippen LogP contribution in [0.2, 0.25) is 0 Å². The first-order valence-corrected chi connectivity index (χ1v) is 6.38. The van der Waals surface area contributed by atoms with E-state index in [1.807, 2.05) is 6.07 Å². The van der Waals surface area contributed by atoms with Crippen LogP contribution in [0.3, 0.4) is 0 Å². The van der Waals surface area contributed by atoms with Gasteiger partial charge in [-0.1, -0.05) is 0 Å². The van der Waals surface area contributed by atoms with E-state index in [1.54, 1.807) is 20.2 Å². The summed E-state index contributed by atoms with van der Waals surface area (Å²) in [5.74, 6) is 1.03. The Kier molecular flexibility index (Phi) is 6.11. The molecule has 6 nitrogen and oxygen atoms in total. The number of nitrogens with zero attached hydrogens (tertiary/aromatic N) is 1. The summed E-state index contributed by atoms with van der Waals surface area (Å²) in [6, 6.07) is 3.59. The molecule has 112 valence electrons. The van der Waals surface area contributed by atoms with Gasteiger partial charge in [-0.25, -0.2) is 0 Å². The van der Waals surface area contributed by atoms with E-state index < -0.39 is 0 Å². The molecule has 1 aromatic carbocycles. The van der Waals surface area contributed by atoms with E-state index in [4.69, 9.17) is 20.3 Å². The topological polar surface area (TPSA) is 85.0 Å². The van der Waals surface area contributed by atoms with Crippen molar-refractivity contribution in [3.8, 4) is 11.5 Å². The number of carbonyl (C=O) groups is 1. The fraction of sp³-hybridized carbons (Fsp3) is 0.500. The maximum Gasteiger partial charge on any atom is 0.222 e. The van der Waals surface area contributed by atoms with Gasteiger partial charge in [0.05, 0.1) is 26.5 Å². The molecule has 0 fully saturated rings. The van der Waals surface area contributed by atoms with E-state index in [0.29, 0.717) is 36.6 Å². The van der Waals surface area contributed by atoms with Gasteiger partial charge < -0.3 is 25.2 Å². The molecule has 0 saturated heterocycles. The van der Waals surface area contributed by atoms with Crippen molar-refractivity contribution in [2.75, 3.05) is 40.2 Å². The minimum Gasteiger partial charge on any atom is -0.493 e. The van der Waals surface area contributed by atoms with E-state index in [1.165, 1.54) is 12.0 Å². The number of ether oxygens (including phenoxy) is 2. The number of carbonyl (C=O) groups excluding carboxylic acids is 1. The monoisotopic (exact) mass is 282 g/mol. The van der Waals surface area contributed by atoms with Gasteiger partial charge in [0.2, 0.25) is 5.91 Å². The second-order valence-corrected chi connectivity index (χ2v) is 4.46. The second-order valence-electron chi connectivity index (χ2n) is 4.46. The first kappa shape index (κ1) is 16.1. The average Bonchev–Trinajstić information content (AvgIpc) is 2.44. The molecule has 0 aliphatic heterocycles. The van der Waals surface area contributed by atoms with Crippen LogP contribution >= 0.6 is 0 Å². The molecule has 0 bridgehead atoms. The van der Waals surface area contributed by atoms with Gasteiger partial charge in [0.1, 0.15) is 0 Å². The highest BCUT2D eigenvalue weighted by atomic mass is 16.5. The molecule has 1 amide bonds. The lowest BCUT2D eigenvalue weighted by molar-refractivity contribution is -0.130. The molecule has 0 aliphatic rings. The quantitative estimate of drug-likeness (QED) is 0.718. The maximum absolute atomic E-state index is 11.8. The Morgan fingerprint density at radius 2 is 2.05 bits per heavy atom. The van der Waals surface area contributed by atoms with Crippen LogP contribution in [0.25, 0.3) is 0 Å². The number of nitrogens with two attached hydrogens (primary N) is 1. The number of rotatable bonds is 7. The van der Waals surface area contributed by atoms with Gasteiger partial charge in [-0.15, -0.1) is 0 Å². The number of aryl methyl sites for hydroxylation is 1. The Morgan fingerprint density at radius 1 is 1.35 bits per heavy atom. The third kappa shape index (κ3) is 4.03. The number of likely N-dealkylation sites (N-methyl/N-ethyl adjacent to an activating group) is 1. The molecule has 0 aromatic heterocycles. The summed E-state index contributed by atoms with van der Waals surface area (Å²) in [4.78, 5) is 13.3. The summed E-state index contributed by atoms with van der Waals surface area (Å²) in [6.07, 6.45) is 0.907. The van der Waals surface area contributed by atoms with Gasteiger partial charge in [0, 0.05) is 20.0 Å². The number of hydrogen-bond donors (Lipinski definition) is 2. The van der Waals surface area contributed by atoms with Crippen LogP contribution in [0.1, 0.15) is 12.0 Å². The fourth-order valence-corrected chi connectivity index (χ4v) is 1.91. The molecule has 1 rings (SSSR count). The van der Waals surface area contributed by atoms with Crippen molar-refractivity contribution in [1.29, 1.82) is 0 Å². The highest BCUT2D eigenvalue weighted by molar-refractivity contribution is 5.76. The van der Waals surface area contributed by atoms with Crippen molar-refractivity contribution < 1.29 is 19.4 Å². The van der Waals surface area contributed by atoms with Crippen molar-refractivity contribution in [2.24, 2.45) is 0 Å². The number of methoxy groups -OCH3 is 2. The number of amides is 1. The molecule has 0 radical (unpaired) electrons. The van der Waals surface area contributed by atoms with Crippen LogP contribution in [-0.4, -0.2) is 50.3 Å². The fourth-order valence-electron chi connectivity index (χ4n) is 1.91. The zero-order valence-corrected chi connectivity index (χ0v) is 12.2. The van der Waals surface area contributed by atoms with E-state index in [9.17, 15) is 4.79 Å². The lowest BCUT2D eigenvalue weighted by Gasteiger charge is -2.16. The smallest absolute Gasteiger partial charge is 0.222 e. The Bertz CT molecular complexity index is 463. The molecule has 0 spiro atoms. The lowest BCUT2D eigenvalue weighted by atomic mass is 10.1. The lowest BCUT2D eigenvalue weighted by Crippen LogP contribution is -2.29. The molecule has 6 heteroatoms. The summed E-state index contributed by atoms with van der Waals surface area (Å²) in [6.45, 7) is 0.304. The number of aliphatic hydroxyl groups excluding tert-OH is 1. The Morgan fingerprint density at radius 3 is 2.60 bits per heavy atom. The molecular weight excluding hydrogens is 260 g/mol. The zero-order valence-electron chi connectivity index (χ0n) is 12.2. The first-order chi connectivity index (χ1) is 9.53. The van der Waals surface area contributed by atoms with Gasteiger partial charge in [-0.2, -0.15) is 0 Å². The van der Waals surface area contributed by atoms with Crippen LogP contribution in [0.15, 0.2) is 12.1 Å². The minimum atomic E-state index is -0.0362. The number of benzene rings is 1. The molecule has 0 heterocycles. The van der Waals surface area contributed by atoms with Gasteiger partial charge in [0.15, 0.2) is 11.5 Å². The number of hydrogen-bond acceptors (Lipinski definition) is 5. The number of anilines is 1. The van der Waals surface area contributed by atoms with E-state index in [0.717, 1.165) is 5.56 Å². The van der Waals surface area contributed by atoms with Crippen LogP contribution in [0.5, 0.6) is 11.5 Å². The summed E-state index contributed by atoms with van der Waals surface area (Å²) in [5.41, 5.74) is 7.28. The Hall–Kier alpha value is -1.95. The van der Waals surface area contributed by atoms with E-state index in [2.05, 4.69) is 0 Å². The summed E-state index contributed by atoms with van der Waals surface area (Å²) < 4.78 is 10.4. The third-order valence-corrected chi connectivity index (χ3v) is 3.06.